The maximum absolute atomic E-state index is 8.80. The van der Waals surface area contributed by atoms with Crippen LogP contribution < -0.4 is 9.47 Å². The SMILES string of the molecule is OC[C@H]1COc2cc[c]cc2O1. The van der Waals surface area contributed by atoms with Crippen LogP contribution in [0.4, 0.5) is 0 Å². The van der Waals surface area contributed by atoms with E-state index in [4.69, 9.17) is 14.6 Å². The van der Waals surface area contributed by atoms with Crippen LogP contribution in [0.15, 0.2) is 18.2 Å². The molecule has 0 aliphatic carbocycles. The van der Waals surface area contributed by atoms with E-state index in [2.05, 4.69) is 6.07 Å². The topological polar surface area (TPSA) is 38.7 Å². The second-order valence-electron chi connectivity index (χ2n) is 2.61. The van der Waals surface area contributed by atoms with Gasteiger partial charge in [0.25, 0.3) is 0 Å². The first-order chi connectivity index (χ1) is 5.90. The summed E-state index contributed by atoms with van der Waals surface area (Å²) < 4.78 is 10.7. The summed E-state index contributed by atoms with van der Waals surface area (Å²) in [6.45, 7) is 0.391. The van der Waals surface area contributed by atoms with Crippen molar-refractivity contribution < 1.29 is 14.6 Å². The van der Waals surface area contributed by atoms with Crippen molar-refractivity contribution in [2.75, 3.05) is 13.2 Å². The Hall–Kier alpha value is -1.22. The van der Waals surface area contributed by atoms with Crippen LogP contribution in [0.3, 0.4) is 0 Å². The zero-order valence-electron chi connectivity index (χ0n) is 6.49. The van der Waals surface area contributed by atoms with Crippen molar-refractivity contribution in [2.24, 2.45) is 0 Å². The van der Waals surface area contributed by atoms with Gasteiger partial charge in [-0.2, -0.15) is 0 Å². The Morgan fingerprint density at radius 3 is 3.33 bits per heavy atom. The molecule has 0 saturated carbocycles. The normalized spacial score (nSPS) is 20.6. The minimum absolute atomic E-state index is 0.0195. The predicted octanol–water partition coefficient (Wildman–Crippen LogP) is 0.619. The summed E-state index contributed by atoms with van der Waals surface area (Å²) in [4.78, 5) is 0. The maximum atomic E-state index is 8.80. The molecule has 1 radical (unpaired) electrons. The van der Waals surface area contributed by atoms with Gasteiger partial charge in [0.1, 0.15) is 6.61 Å². The van der Waals surface area contributed by atoms with Crippen molar-refractivity contribution >= 4 is 0 Å². The lowest BCUT2D eigenvalue weighted by molar-refractivity contribution is 0.0456. The fourth-order valence-electron chi connectivity index (χ4n) is 1.10. The fourth-order valence-corrected chi connectivity index (χ4v) is 1.10. The van der Waals surface area contributed by atoms with Gasteiger partial charge in [-0.3, -0.25) is 0 Å². The summed E-state index contributed by atoms with van der Waals surface area (Å²) in [6, 6.07) is 8.14. The van der Waals surface area contributed by atoms with Crippen LogP contribution in [0.2, 0.25) is 0 Å². The number of hydrogen-bond acceptors (Lipinski definition) is 3. The highest BCUT2D eigenvalue weighted by atomic mass is 16.6. The quantitative estimate of drug-likeness (QED) is 0.663. The number of rotatable bonds is 1. The van der Waals surface area contributed by atoms with Crippen molar-refractivity contribution in [3.05, 3.63) is 24.3 Å². The highest BCUT2D eigenvalue weighted by Gasteiger charge is 2.18. The predicted molar refractivity (Wildman–Crippen MR) is 42.3 cm³/mol. The minimum atomic E-state index is -0.242. The van der Waals surface area contributed by atoms with Gasteiger partial charge in [-0.15, -0.1) is 0 Å². The summed E-state index contributed by atoms with van der Waals surface area (Å²) >= 11 is 0. The first-order valence-electron chi connectivity index (χ1n) is 3.80. The van der Waals surface area contributed by atoms with Gasteiger partial charge >= 0.3 is 0 Å². The molecule has 0 fully saturated rings. The van der Waals surface area contributed by atoms with Gasteiger partial charge in [0.15, 0.2) is 17.6 Å². The summed E-state index contributed by atoms with van der Waals surface area (Å²) in [7, 11) is 0. The highest BCUT2D eigenvalue weighted by molar-refractivity contribution is 5.40. The van der Waals surface area contributed by atoms with Crippen molar-refractivity contribution in [1.29, 1.82) is 0 Å². The van der Waals surface area contributed by atoms with E-state index in [0.29, 0.717) is 12.4 Å². The molecule has 1 aliphatic heterocycles. The smallest absolute Gasteiger partial charge is 0.162 e. The van der Waals surface area contributed by atoms with Crippen molar-refractivity contribution in [1.82, 2.24) is 0 Å². The molecule has 0 amide bonds. The molecule has 1 aromatic carbocycles. The summed E-state index contributed by atoms with van der Waals surface area (Å²) in [5.41, 5.74) is 0. The van der Waals surface area contributed by atoms with E-state index >= 15 is 0 Å². The summed E-state index contributed by atoms with van der Waals surface area (Å²) in [5.74, 6) is 1.38. The number of benzene rings is 1. The van der Waals surface area contributed by atoms with Gasteiger partial charge in [0.05, 0.1) is 6.61 Å². The number of fused-ring (bicyclic) bond motifs is 1. The Morgan fingerprint density at radius 2 is 2.50 bits per heavy atom. The minimum Gasteiger partial charge on any atom is -0.486 e. The van der Waals surface area contributed by atoms with Crippen LogP contribution in [0.1, 0.15) is 0 Å². The van der Waals surface area contributed by atoms with Crippen LogP contribution in [0.5, 0.6) is 11.5 Å². The van der Waals surface area contributed by atoms with Gasteiger partial charge in [-0.25, -0.2) is 0 Å². The Kier molecular flexibility index (Phi) is 1.87. The highest BCUT2D eigenvalue weighted by Crippen LogP contribution is 2.30. The third-order valence-corrected chi connectivity index (χ3v) is 1.71. The molecule has 0 unspecified atom stereocenters. The van der Waals surface area contributed by atoms with Gasteiger partial charge in [0.2, 0.25) is 0 Å². The Labute approximate surface area is 70.5 Å². The van der Waals surface area contributed by atoms with Crippen LogP contribution in [-0.2, 0) is 0 Å². The summed E-state index contributed by atoms with van der Waals surface area (Å²) in [6.07, 6.45) is -0.242. The monoisotopic (exact) mass is 165 g/mol. The van der Waals surface area contributed by atoms with Crippen LogP contribution in [0.25, 0.3) is 0 Å². The van der Waals surface area contributed by atoms with Crippen molar-refractivity contribution in [3.63, 3.8) is 0 Å². The lowest BCUT2D eigenvalue weighted by Gasteiger charge is -2.24. The molecular weight excluding hydrogens is 156 g/mol. The van der Waals surface area contributed by atoms with Gasteiger partial charge in [-0.05, 0) is 18.2 Å². The molecule has 1 atom stereocenters. The van der Waals surface area contributed by atoms with E-state index in [1.54, 1.807) is 18.2 Å². The van der Waals surface area contributed by atoms with E-state index < -0.39 is 0 Å². The molecule has 1 N–H and O–H groups in total. The Bertz CT molecular complexity index is 272. The molecule has 12 heavy (non-hydrogen) atoms. The molecule has 0 aromatic heterocycles. The van der Waals surface area contributed by atoms with Crippen LogP contribution >= 0.6 is 0 Å². The number of ether oxygens (including phenoxy) is 2. The average molecular weight is 165 g/mol. The zero-order valence-corrected chi connectivity index (χ0v) is 6.49. The Balaban J connectivity index is 2.23. The molecule has 1 aliphatic rings. The number of aliphatic hydroxyl groups excluding tert-OH is 1. The lowest BCUT2D eigenvalue weighted by Crippen LogP contribution is -2.32. The molecule has 63 valence electrons. The Morgan fingerprint density at radius 1 is 1.58 bits per heavy atom. The first kappa shape index (κ1) is 7.43. The molecule has 1 aromatic rings. The average Bonchev–Trinajstić information content (AvgIpc) is 2.17. The van der Waals surface area contributed by atoms with E-state index in [9.17, 15) is 0 Å². The van der Waals surface area contributed by atoms with Crippen molar-refractivity contribution in [3.8, 4) is 11.5 Å². The molecule has 3 nitrogen and oxygen atoms in total. The second-order valence-corrected chi connectivity index (χ2v) is 2.61. The summed E-state index contributed by atoms with van der Waals surface area (Å²) in [5, 5.41) is 8.80. The largest absolute Gasteiger partial charge is 0.486 e. The maximum Gasteiger partial charge on any atom is 0.162 e. The molecule has 0 bridgehead atoms. The van der Waals surface area contributed by atoms with Crippen LogP contribution in [0, 0.1) is 6.07 Å². The van der Waals surface area contributed by atoms with Gasteiger partial charge in [0, 0.05) is 0 Å². The molecule has 0 spiro atoms. The van der Waals surface area contributed by atoms with Crippen LogP contribution in [-0.4, -0.2) is 24.4 Å². The third-order valence-electron chi connectivity index (χ3n) is 1.71. The second kappa shape index (κ2) is 3.03. The molecule has 3 heteroatoms. The van der Waals surface area contributed by atoms with Gasteiger partial charge < -0.3 is 14.6 Å². The number of aliphatic hydroxyl groups is 1. The fraction of sp³-hybridized carbons (Fsp3) is 0.333. The molecule has 0 saturated heterocycles. The standard InChI is InChI=1S/C9H9O3/c10-5-7-6-11-8-3-1-2-4-9(8)12-7/h1,3-4,7,10H,5-6H2/t7-/m0/s1. The van der Waals surface area contributed by atoms with E-state index in [1.165, 1.54) is 0 Å². The molecule has 1 heterocycles. The molecular formula is C9H9O3. The third kappa shape index (κ3) is 1.23. The van der Waals surface area contributed by atoms with Gasteiger partial charge in [-0.1, -0.05) is 6.07 Å². The zero-order chi connectivity index (χ0) is 8.39. The first-order valence-corrected chi connectivity index (χ1v) is 3.80. The number of hydrogen-bond donors (Lipinski definition) is 1. The lowest BCUT2D eigenvalue weighted by atomic mass is 10.3. The van der Waals surface area contributed by atoms with E-state index in [0.717, 1.165) is 5.75 Å². The molecule has 2 rings (SSSR count). The van der Waals surface area contributed by atoms with E-state index in [1.807, 2.05) is 0 Å². The van der Waals surface area contributed by atoms with Crippen molar-refractivity contribution in [2.45, 2.75) is 6.10 Å². The van der Waals surface area contributed by atoms with E-state index in [-0.39, 0.29) is 12.7 Å².